The highest BCUT2D eigenvalue weighted by Gasteiger charge is 2.06. The molecule has 2 N–H and O–H groups in total. The minimum absolute atomic E-state index is 0.467. The third-order valence-corrected chi connectivity index (χ3v) is 4.11. The molecule has 0 spiro atoms. The first-order valence-electron chi connectivity index (χ1n) is 6.73. The number of ether oxygens (including phenoxy) is 1. The van der Waals surface area contributed by atoms with E-state index in [0.29, 0.717) is 19.0 Å². The van der Waals surface area contributed by atoms with Crippen LogP contribution in [0.2, 0.25) is 0 Å². The Morgan fingerprint density at radius 2 is 1.76 bits per heavy atom. The number of nitrogens with two attached hydrogens (primary N) is 1. The number of nitrogens with zero attached hydrogens (tertiary/aromatic N) is 1. The highest BCUT2D eigenvalue weighted by molar-refractivity contribution is 9.10. The van der Waals surface area contributed by atoms with Crippen molar-refractivity contribution in [2.24, 2.45) is 5.73 Å². The van der Waals surface area contributed by atoms with E-state index in [4.69, 9.17) is 10.5 Å². The number of aromatic nitrogens is 1. The van der Waals surface area contributed by atoms with Crippen LogP contribution in [0.5, 0.6) is 5.88 Å². The van der Waals surface area contributed by atoms with Crippen LogP contribution < -0.4 is 10.5 Å². The second kappa shape index (κ2) is 6.24. The lowest BCUT2D eigenvalue weighted by Gasteiger charge is -2.10. The van der Waals surface area contributed by atoms with E-state index < -0.39 is 0 Å². The highest BCUT2D eigenvalue weighted by Crippen LogP contribution is 2.23. The number of benzene rings is 2. The lowest BCUT2D eigenvalue weighted by atomic mass is 10.1. The first-order valence-corrected chi connectivity index (χ1v) is 7.52. The summed E-state index contributed by atoms with van der Waals surface area (Å²) in [6.07, 6.45) is 0. The van der Waals surface area contributed by atoms with Gasteiger partial charge in [0.2, 0.25) is 5.88 Å². The summed E-state index contributed by atoms with van der Waals surface area (Å²) in [6.45, 7) is 0.936. The number of halogens is 1. The molecule has 0 unspecified atom stereocenters. The van der Waals surface area contributed by atoms with Crippen LogP contribution in [0.3, 0.4) is 0 Å². The van der Waals surface area contributed by atoms with Gasteiger partial charge < -0.3 is 10.5 Å². The molecule has 3 aromatic rings. The molecule has 3 nitrogen and oxygen atoms in total. The highest BCUT2D eigenvalue weighted by atomic mass is 79.9. The lowest BCUT2D eigenvalue weighted by Crippen LogP contribution is -2.02. The number of hydrogen-bond donors (Lipinski definition) is 1. The van der Waals surface area contributed by atoms with E-state index in [1.165, 1.54) is 0 Å². The zero-order valence-electron chi connectivity index (χ0n) is 11.4. The van der Waals surface area contributed by atoms with Gasteiger partial charge >= 0.3 is 0 Å². The molecule has 2 aromatic carbocycles. The summed E-state index contributed by atoms with van der Waals surface area (Å²) in [4.78, 5) is 4.54. The van der Waals surface area contributed by atoms with Crippen molar-refractivity contribution in [1.82, 2.24) is 4.98 Å². The summed E-state index contributed by atoms with van der Waals surface area (Å²) in [7, 11) is 0. The van der Waals surface area contributed by atoms with E-state index in [9.17, 15) is 0 Å². The summed E-state index contributed by atoms with van der Waals surface area (Å²) < 4.78 is 6.86. The van der Waals surface area contributed by atoms with Gasteiger partial charge in [-0.25, -0.2) is 4.98 Å². The zero-order chi connectivity index (χ0) is 14.7. The molecule has 1 aromatic heterocycles. The summed E-state index contributed by atoms with van der Waals surface area (Å²) in [5.41, 5.74) is 8.86. The van der Waals surface area contributed by atoms with Gasteiger partial charge in [-0.05, 0) is 17.7 Å². The van der Waals surface area contributed by atoms with E-state index in [0.717, 1.165) is 26.5 Å². The van der Waals surface area contributed by atoms with Gasteiger partial charge in [-0.15, -0.1) is 0 Å². The van der Waals surface area contributed by atoms with Gasteiger partial charge in [-0.1, -0.05) is 52.3 Å². The van der Waals surface area contributed by atoms with Gasteiger partial charge in [-0.2, -0.15) is 0 Å². The van der Waals surface area contributed by atoms with Crippen LogP contribution in [0.1, 0.15) is 11.1 Å². The Balaban J connectivity index is 1.89. The maximum absolute atomic E-state index is 5.83. The van der Waals surface area contributed by atoms with Crippen molar-refractivity contribution in [3.05, 3.63) is 70.2 Å². The van der Waals surface area contributed by atoms with E-state index in [2.05, 4.69) is 20.9 Å². The number of rotatable bonds is 4. The topological polar surface area (TPSA) is 48.1 Å². The van der Waals surface area contributed by atoms with Crippen molar-refractivity contribution in [1.29, 1.82) is 0 Å². The molecule has 21 heavy (non-hydrogen) atoms. The third-order valence-electron chi connectivity index (χ3n) is 3.33. The Morgan fingerprint density at radius 3 is 2.57 bits per heavy atom. The predicted molar refractivity (Wildman–Crippen MR) is 88.1 cm³/mol. The van der Waals surface area contributed by atoms with Crippen molar-refractivity contribution >= 4 is 26.8 Å². The Morgan fingerprint density at radius 1 is 1.00 bits per heavy atom. The van der Waals surface area contributed by atoms with Crippen molar-refractivity contribution in [2.45, 2.75) is 13.2 Å². The molecule has 0 saturated carbocycles. The van der Waals surface area contributed by atoms with Crippen molar-refractivity contribution < 1.29 is 4.74 Å². The van der Waals surface area contributed by atoms with Gasteiger partial charge in [-0.3, -0.25) is 0 Å². The molecule has 0 aliphatic rings. The Kier molecular flexibility index (Phi) is 4.18. The van der Waals surface area contributed by atoms with Crippen LogP contribution in [0, 0.1) is 0 Å². The standard InChI is InChI=1S/C17H15BrN2O/c18-15-7-3-1-5-12(15)11-21-17-9-13(10-19)14-6-2-4-8-16(14)20-17/h1-9H,10-11,19H2. The summed E-state index contributed by atoms with van der Waals surface area (Å²) in [5, 5.41) is 1.08. The maximum Gasteiger partial charge on any atom is 0.214 e. The van der Waals surface area contributed by atoms with Crippen molar-refractivity contribution in [3.63, 3.8) is 0 Å². The smallest absolute Gasteiger partial charge is 0.214 e. The van der Waals surface area contributed by atoms with Crippen LogP contribution in [0.4, 0.5) is 0 Å². The van der Waals surface area contributed by atoms with E-state index >= 15 is 0 Å². The van der Waals surface area contributed by atoms with Gasteiger partial charge in [0, 0.05) is 28.0 Å². The monoisotopic (exact) mass is 342 g/mol. The molecule has 0 saturated heterocycles. The van der Waals surface area contributed by atoms with Gasteiger partial charge in [0.15, 0.2) is 0 Å². The van der Waals surface area contributed by atoms with Crippen molar-refractivity contribution in [3.8, 4) is 5.88 Å². The second-order valence-corrected chi connectivity index (χ2v) is 5.58. The Labute approximate surface area is 131 Å². The van der Waals surface area contributed by atoms with E-state index in [-0.39, 0.29) is 0 Å². The second-order valence-electron chi connectivity index (χ2n) is 4.72. The normalized spacial score (nSPS) is 10.8. The van der Waals surface area contributed by atoms with Gasteiger partial charge in [0.25, 0.3) is 0 Å². The minimum Gasteiger partial charge on any atom is -0.473 e. The lowest BCUT2D eigenvalue weighted by molar-refractivity contribution is 0.294. The minimum atomic E-state index is 0.467. The van der Waals surface area contributed by atoms with Crippen LogP contribution >= 0.6 is 15.9 Å². The molecule has 1 heterocycles. The quantitative estimate of drug-likeness (QED) is 0.778. The fourth-order valence-corrected chi connectivity index (χ4v) is 2.63. The summed E-state index contributed by atoms with van der Waals surface area (Å²) in [5.74, 6) is 0.602. The van der Waals surface area contributed by atoms with Crippen LogP contribution in [-0.2, 0) is 13.2 Å². The third kappa shape index (κ3) is 3.06. The number of pyridine rings is 1. The SMILES string of the molecule is NCc1cc(OCc2ccccc2Br)nc2ccccc12. The maximum atomic E-state index is 5.83. The zero-order valence-corrected chi connectivity index (χ0v) is 13.0. The molecule has 0 radical (unpaired) electrons. The summed E-state index contributed by atoms with van der Waals surface area (Å²) >= 11 is 3.52. The Hall–Kier alpha value is -1.91. The fraction of sp³-hybridized carbons (Fsp3) is 0.118. The summed E-state index contributed by atoms with van der Waals surface area (Å²) in [6, 6.07) is 17.9. The molecule has 106 valence electrons. The fourth-order valence-electron chi connectivity index (χ4n) is 2.23. The molecule has 0 amide bonds. The molecule has 0 fully saturated rings. The van der Waals surface area contributed by atoms with Gasteiger partial charge in [0.1, 0.15) is 6.61 Å². The largest absolute Gasteiger partial charge is 0.473 e. The van der Waals surface area contributed by atoms with E-state index in [1.54, 1.807) is 0 Å². The molecule has 4 heteroatoms. The molecule has 3 rings (SSSR count). The first-order chi connectivity index (χ1) is 10.3. The molecule has 0 aliphatic heterocycles. The van der Waals surface area contributed by atoms with Crippen LogP contribution in [-0.4, -0.2) is 4.98 Å². The predicted octanol–water partition coefficient (Wildman–Crippen LogP) is 4.04. The first kappa shape index (κ1) is 14.0. The van der Waals surface area contributed by atoms with Gasteiger partial charge in [0.05, 0.1) is 5.52 Å². The molecule has 0 aliphatic carbocycles. The average molecular weight is 343 g/mol. The number of para-hydroxylation sites is 1. The molecule has 0 bridgehead atoms. The van der Waals surface area contributed by atoms with E-state index in [1.807, 2.05) is 54.6 Å². The van der Waals surface area contributed by atoms with Crippen molar-refractivity contribution in [2.75, 3.05) is 0 Å². The average Bonchev–Trinajstić information content (AvgIpc) is 2.53. The molecule has 0 atom stereocenters. The number of hydrogen-bond acceptors (Lipinski definition) is 3. The molecular formula is C17H15BrN2O. The van der Waals surface area contributed by atoms with Crippen LogP contribution in [0.25, 0.3) is 10.9 Å². The Bertz CT molecular complexity index is 774. The number of fused-ring (bicyclic) bond motifs is 1. The van der Waals surface area contributed by atoms with Crippen LogP contribution in [0.15, 0.2) is 59.1 Å². The molecular weight excluding hydrogens is 328 g/mol.